The predicted octanol–water partition coefficient (Wildman–Crippen LogP) is 2.95. The summed E-state index contributed by atoms with van der Waals surface area (Å²) in [5.74, 6) is 0.232. The van der Waals surface area contributed by atoms with E-state index in [0.717, 1.165) is 5.56 Å². The SMILES string of the molecule is Cc1noc(NC(=O)CS[C@@H](C)c2ccc(F)cc2)n1. The fraction of sp³-hybridized carbons (Fsp3) is 0.308. The van der Waals surface area contributed by atoms with Crippen molar-refractivity contribution in [1.82, 2.24) is 10.1 Å². The van der Waals surface area contributed by atoms with Gasteiger partial charge in [-0.05, 0) is 31.5 Å². The third kappa shape index (κ3) is 4.06. The van der Waals surface area contributed by atoms with Gasteiger partial charge in [-0.1, -0.05) is 17.3 Å². The number of aromatic nitrogens is 2. The fourth-order valence-corrected chi connectivity index (χ4v) is 2.36. The second kappa shape index (κ2) is 6.51. The van der Waals surface area contributed by atoms with Crippen LogP contribution in [0.3, 0.4) is 0 Å². The van der Waals surface area contributed by atoms with Crippen LogP contribution in [0.4, 0.5) is 10.4 Å². The Bertz CT molecular complexity index is 586. The molecule has 2 rings (SSSR count). The zero-order valence-electron chi connectivity index (χ0n) is 11.1. The normalized spacial score (nSPS) is 12.2. The Labute approximate surface area is 119 Å². The Morgan fingerprint density at radius 2 is 2.15 bits per heavy atom. The van der Waals surface area contributed by atoms with Crippen LogP contribution in [0.15, 0.2) is 28.8 Å². The highest BCUT2D eigenvalue weighted by Crippen LogP contribution is 2.28. The lowest BCUT2D eigenvalue weighted by atomic mass is 10.2. The van der Waals surface area contributed by atoms with Crippen molar-refractivity contribution in [1.29, 1.82) is 0 Å². The van der Waals surface area contributed by atoms with Gasteiger partial charge in [-0.15, -0.1) is 11.8 Å². The Kier molecular flexibility index (Phi) is 4.73. The van der Waals surface area contributed by atoms with Crippen LogP contribution in [0.25, 0.3) is 0 Å². The lowest BCUT2D eigenvalue weighted by Crippen LogP contribution is -2.15. The van der Waals surface area contributed by atoms with Crippen molar-refractivity contribution < 1.29 is 13.7 Å². The van der Waals surface area contributed by atoms with E-state index in [2.05, 4.69) is 15.5 Å². The van der Waals surface area contributed by atoms with Crippen molar-refractivity contribution in [3.8, 4) is 0 Å². The largest absolute Gasteiger partial charge is 0.328 e. The van der Waals surface area contributed by atoms with Crippen LogP contribution in [-0.4, -0.2) is 21.8 Å². The van der Waals surface area contributed by atoms with Gasteiger partial charge in [-0.2, -0.15) is 4.98 Å². The maximum absolute atomic E-state index is 12.8. The van der Waals surface area contributed by atoms with Crippen LogP contribution in [0.2, 0.25) is 0 Å². The molecular formula is C13H14FN3O2S. The minimum atomic E-state index is -0.268. The van der Waals surface area contributed by atoms with Crippen molar-refractivity contribution in [3.05, 3.63) is 41.5 Å². The number of hydrogen-bond donors (Lipinski definition) is 1. The molecule has 1 heterocycles. The van der Waals surface area contributed by atoms with Gasteiger partial charge in [0.2, 0.25) is 5.91 Å². The summed E-state index contributed by atoms with van der Waals surface area (Å²) < 4.78 is 17.6. The molecule has 0 aliphatic heterocycles. The topological polar surface area (TPSA) is 68.0 Å². The molecule has 1 aromatic carbocycles. The number of hydrogen-bond acceptors (Lipinski definition) is 5. The number of amides is 1. The molecule has 1 atom stereocenters. The molecule has 0 saturated carbocycles. The van der Waals surface area contributed by atoms with Crippen LogP contribution >= 0.6 is 11.8 Å². The van der Waals surface area contributed by atoms with Gasteiger partial charge in [-0.3, -0.25) is 10.1 Å². The van der Waals surface area contributed by atoms with E-state index >= 15 is 0 Å². The van der Waals surface area contributed by atoms with Gasteiger partial charge < -0.3 is 4.52 Å². The highest BCUT2D eigenvalue weighted by atomic mass is 32.2. The molecule has 0 unspecified atom stereocenters. The summed E-state index contributed by atoms with van der Waals surface area (Å²) in [4.78, 5) is 15.6. The van der Waals surface area contributed by atoms with E-state index in [1.54, 1.807) is 19.1 Å². The standard InChI is InChI=1S/C13H14FN3O2S/c1-8(10-3-5-11(14)6-4-10)20-7-12(18)16-13-15-9(2)17-19-13/h3-6,8H,7H2,1-2H3,(H,15,16,17,18)/t8-/m0/s1. The van der Waals surface area contributed by atoms with Crippen molar-refractivity contribution in [2.75, 3.05) is 11.1 Å². The zero-order chi connectivity index (χ0) is 14.5. The molecule has 1 aromatic heterocycles. The van der Waals surface area contributed by atoms with E-state index in [0.29, 0.717) is 5.82 Å². The summed E-state index contributed by atoms with van der Waals surface area (Å²) in [6, 6.07) is 6.35. The van der Waals surface area contributed by atoms with E-state index < -0.39 is 0 Å². The van der Waals surface area contributed by atoms with Gasteiger partial charge in [0.05, 0.1) is 5.75 Å². The molecule has 0 spiro atoms. The Morgan fingerprint density at radius 3 is 2.75 bits per heavy atom. The number of nitrogens with one attached hydrogen (secondary N) is 1. The molecule has 5 nitrogen and oxygen atoms in total. The molecule has 2 aromatic rings. The summed E-state index contributed by atoms with van der Waals surface area (Å²) in [6.45, 7) is 3.63. The predicted molar refractivity (Wildman–Crippen MR) is 74.9 cm³/mol. The van der Waals surface area contributed by atoms with Crippen molar-refractivity contribution >= 4 is 23.7 Å². The van der Waals surface area contributed by atoms with E-state index in [1.165, 1.54) is 23.9 Å². The third-order valence-electron chi connectivity index (χ3n) is 2.58. The van der Waals surface area contributed by atoms with Crippen LogP contribution in [0, 0.1) is 12.7 Å². The summed E-state index contributed by atoms with van der Waals surface area (Å²) >= 11 is 1.45. The number of anilines is 1. The van der Waals surface area contributed by atoms with Crippen molar-refractivity contribution in [3.63, 3.8) is 0 Å². The molecule has 0 aliphatic rings. The molecule has 0 fully saturated rings. The Balaban J connectivity index is 1.82. The number of aryl methyl sites for hydroxylation is 1. The minimum absolute atomic E-state index is 0.0887. The molecule has 7 heteroatoms. The average molecular weight is 295 g/mol. The maximum Gasteiger partial charge on any atom is 0.328 e. The Hall–Kier alpha value is -1.89. The second-order valence-corrected chi connectivity index (χ2v) is 5.53. The lowest BCUT2D eigenvalue weighted by Gasteiger charge is -2.10. The highest BCUT2D eigenvalue weighted by Gasteiger charge is 2.12. The minimum Gasteiger partial charge on any atom is -0.315 e. The lowest BCUT2D eigenvalue weighted by molar-refractivity contribution is -0.114. The fourth-order valence-electron chi connectivity index (χ4n) is 1.53. The zero-order valence-corrected chi connectivity index (χ0v) is 11.9. The summed E-state index contributed by atoms with van der Waals surface area (Å²) in [6.07, 6.45) is 0. The first-order valence-electron chi connectivity index (χ1n) is 6.02. The molecular weight excluding hydrogens is 281 g/mol. The average Bonchev–Trinajstić information content (AvgIpc) is 2.82. The van der Waals surface area contributed by atoms with Gasteiger partial charge in [0, 0.05) is 5.25 Å². The van der Waals surface area contributed by atoms with Crippen molar-refractivity contribution in [2.24, 2.45) is 0 Å². The molecule has 0 aliphatic carbocycles. The first kappa shape index (κ1) is 14.5. The maximum atomic E-state index is 12.8. The molecule has 0 saturated heterocycles. The molecule has 106 valence electrons. The highest BCUT2D eigenvalue weighted by molar-refractivity contribution is 8.00. The number of halogens is 1. The van der Waals surface area contributed by atoms with Gasteiger partial charge >= 0.3 is 6.01 Å². The van der Waals surface area contributed by atoms with Gasteiger partial charge in [0.1, 0.15) is 5.82 Å². The van der Waals surface area contributed by atoms with E-state index in [1.807, 2.05) is 6.92 Å². The summed E-state index contributed by atoms with van der Waals surface area (Å²) in [7, 11) is 0. The smallest absolute Gasteiger partial charge is 0.315 e. The van der Waals surface area contributed by atoms with Crippen LogP contribution in [0.5, 0.6) is 0 Å². The molecule has 0 radical (unpaired) electrons. The van der Waals surface area contributed by atoms with Gasteiger partial charge in [-0.25, -0.2) is 4.39 Å². The van der Waals surface area contributed by atoms with Crippen LogP contribution in [-0.2, 0) is 4.79 Å². The van der Waals surface area contributed by atoms with E-state index in [9.17, 15) is 9.18 Å². The summed E-state index contributed by atoms with van der Waals surface area (Å²) in [5.41, 5.74) is 0.970. The van der Waals surface area contributed by atoms with Crippen molar-refractivity contribution in [2.45, 2.75) is 19.1 Å². The first-order valence-corrected chi connectivity index (χ1v) is 7.06. The molecule has 0 bridgehead atoms. The van der Waals surface area contributed by atoms with E-state index in [4.69, 9.17) is 4.52 Å². The van der Waals surface area contributed by atoms with Crippen LogP contribution < -0.4 is 5.32 Å². The molecule has 1 N–H and O–H groups in total. The number of nitrogens with zero attached hydrogens (tertiary/aromatic N) is 2. The Morgan fingerprint density at radius 1 is 1.45 bits per heavy atom. The monoisotopic (exact) mass is 295 g/mol. The third-order valence-corrected chi connectivity index (χ3v) is 3.78. The van der Waals surface area contributed by atoms with Crippen LogP contribution in [0.1, 0.15) is 23.6 Å². The van der Waals surface area contributed by atoms with Gasteiger partial charge in [0.25, 0.3) is 0 Å². The number of benzene rings is 1. The molecule has 20 heavy (non-hydrogen) atoms. The summed E-state index contributed by atoms with van der Waals surface area (Å²) in [5, 5.41) is 6.18. The number of thioether (sulfide) groups is 1. The van der Waals surface area contributed by atoms with Gasteiger partial charge in [0.15, 0.2) is 5.82 Å². The van der Waals surface area contributed by atoms with E-state index in [-0.39, 0.29) is 28.7 Å². The quantitative estimate of drug-likeness (QED) is 0.918. The second-order valence-electron chi connectivity index (χ2n) is 4.20. The number of carbonyl (C=O) groups excluding carboxylic acids is 1. The molecule has 1 amide bonds. The number of carbonyl (C=O) groups is 1. The number of rotatable bonds is 5. The first-order chi connectivity index (χ1) is 9.54.